The Morgan fingerprint density at radius 3 is 2.58 bits per heavy atom. The van der Waals surface area contributed by atoms with E-state index in [1.165, 1.54) is 50.8 Å². The summed E-state index contributed by atoms with van der Waals surface area (Å²) in [6.07, 6.45) is 6.61. The molecule has 0 atom stereocenters. The quantitative estimate of drug-likeness (QED) is 0.569. The number of hydrogen-bond donors (Lipinski definition) is 0. The first-order valence-electron chi connectivity index (χ1n) is 5.22. The Morgan fingerprint density at radius 2 is 2.00 bits per heavy atom. The first-order chi connectivity index (χ1) is 5.83. The van der Waals surface area contributed by atoms with Crippen molar-refractivity contribution in [1.82, 2.24) is 4.90 Å². The number of rotatable bonds is 5. The minimum atomic E-state index is 1.15. The predicted molar refractivity (Wildman–Crippen MR) is 54.3 cm³/mol. The molecule has 1 fully saturated rings. The second-order valence-electron chi connectivity index (χ2n) is 3.84. The zero-order valence-corrected chi connectivity index (χ0v) is 8.31. The number of unbranched alkanes of at least 4 members (excludes halogenated alkanes) is 1. The summed E-state index contributed by atoms with van der Waals surface area (Å²) in [4.78, 5) is 2.53. The van der Waals surface area contributed by atoms with Crippen LogP contribution in [0, 0.1) is 0 Å². The molecule has 0 N–H and O–H groups in total. The number of hydrogen-bond acceptors (Lipinski definition) is 1. The standard InChI is InChI=1S/C11H21N/c1-3-4-7-11(2)10-12-8-5-6-9-12/h2-10H2,1H3. The summed E-state index contributed by atoms with van der Waals surface area (Å²) in [5, 5.41) is 0. The van der Waals surface area contributed by atoms with Gasteiger partial charge >= 0.3 is 0 Å². The third-order valence-corrected chi connectivity index (χ3v) is 2.53. The number of likely N-dealkylation sites (tertiary alicyclic amines) is 1. The smallest absolute Gasteiger partial charge is 0.0190 e. The highest BCUT2D eigenvalue weighted by Gasteiger charge is 2.11. The van der Waals surface area contributed by atoms with E-state index < -0.39 is 0 Å². The lowest BCUT2D eigenvalue weighted by molar-refractivity contribution is 0.364. The van der Waals surface area contributed by atoms with Gasteiger partial charge in [0.15, 0.2) is 0 Å². The normalized spacial score (nSPS) is 18.4. The van der Waals surface area contributed by atoms with Crippen LogP contribution in [0.5, 0.6) is 0 Å². The lowest BCUT2D eigenvalue weighted by Gasteiger charge is -2.15. The van der Waals surface area contributed by atoms with Crippen molar-refractivity contribution in [2.45, 2.75) is 39.0 Å². The maximum Gasteiger partial charge on any atom is 0.0190 e. The zero-order chi connectivity index (χ0) is 8.81. The Morgan fingerprint density at radius 1 is 1.33 bits per heavy atom. The van der Waals surface area contributed by atoms with Crippen LogP contribution >= 0.6 is 0 Å². The minimum absolute atomic E-state index is 1.15. The fourth-order valence-electron chi connectivity index (χ4n) is 1.76. The lowest BCUT2D eigenvalue weighted by Crippen LogP contribution is -2.21. The van der Waals surface area contributed by atoms with Gasteiger partial charge in [0.2, 0.25) is 0 Å². The fourth-order valence-corrected chi connectivity index (χ4v) is 1.76. The minimum Gasteiger partial charge on any atom is -0.299 e. The average molecular weight is 167 g/mol. The maximum atomic E-state index is 4.11. The first kappa shape index (κ1) is 9.79. The molecule has 0 radical (unpaired) electrons. The van der Waals surface area contributed by atoms with Crippen molar-refractivity contribution >= 4 is 0 Å². The predicted octanol–water partition coefficient (Wildman–Crippen LogP) is 2.83. The molecule has 0 unspecified atom stereocenters. The van der Waals surface area contributed by atoms with Gasteiger partial charge in [-0.15, -0.1) is 0 Å². The van der Waals surface area contributed by atoms with Crippen molar-refractivity contribution in [3.8, 4) is 0 Å². The molecule has 0 aliphatic carbocycles. The third kappa shape index (κ3) is 3.40. The molecule has 1 rings (SSSR count). The van der Waals surface area contributed by atoms with Crippen LogP contribution in [0.15, 0.2) is 12.2 Å². The van der Waals surface area contributed by atoms with E-state index in [4.69, 9.17) is 0 Å². The molecule has 1 nitrogen and oxygen atoms in total. The number of nitrogens with zero attached hydrogens (tertiary/aromatic N) is 1. The largest absolute Gasteiger partial charge is 0.299 e. The Labute approximate surface area is 76.5 Å². The summed E-state index contributed by atoms with van der Waals surface area (Å²) < 4.78 is 0. The molecule has 1 heterocycles. The van der Waals surface area contributed by atoms with Crippen molar-refractivity contribution in [1.29, 1.82) is 0 Å². The topological polar surface area (TPSA) is 3.24 Å². The van der Waals surface area contributed by atoms with Crippen LogP contribution in [0.2, 0.25) is 0 Å². The van der Waals surface area contributed by atoms with Crippen molar-refractivity contribution in [3.63, 3.8) is 0 Å². The fraction of sp³-hybridized carbons (Fsp3) is 0.818. The van der Waals surface area contributed by atoms with Crippen LogP contribution in [0.1, 0.15) is 39.0 Å². The van der Waals surface area contributed by atoms with Gasteiger partial charge in [-0.05, 0) is 38.8 Å². The summed E-state index contributed by atoms with van der Waals surface area (Å²) in [5.74, 6) is 0. The van der Waals surface area contributed by atoms with Crippen LogP contribution in [0.4, 0.5) is 0 Å². The molecular weight excluding hydrogens is 146 g/mol. The van der Waals surface area contributed by atoms with E-state index in [1.807, 2.05) is 0 Å². The maximum absolute atomic E-state index is 4.11. The van der Waals surface area contributed by atoms with Gasteiger partial charge in [0.05, 0.1) is 0 Å². The molecule has 0 aromatic heterocycles. The SMILES string of the molecule is C=C(CCCC)CN1CCCC1. The van der Waals surface area contributed by atoms with Crippen LogP contribution in [-0.4, -0.2) is 24.5 Å². The van der Waals surface area contributed by atoms with Crippen LogP contribution in [0.3, 0.4) is 0 Å². The van der Waals surface area contributed by atoms with Gasteiger partial charge in [-0.25, -0.2) is 0 Å². The molecule has 1 heteroatoms. The van der Waals surface area contributed by atoms with Crippen molar-refractivity contribution in [3.05, 3.63) is 12.2 Å². The van der Waals surface area contributed by atoms with Crippen molar-refractivity contribution < 1.29 is 0 Å². The van der Waals surface area contributed by atoms with E-state index in [2.05, 4.69) is 18.4 Å². The highest BCUT2D eigenvalue weighted by Crippen LogP contribution is 2.12. The third-order valence-electron chi connectivity index (χ3n) is 2.53. The van der Waals surface area contributed by atoms with Gasteiger partial charge in [-0.3, -0.25) is 4.90 Å². The van der Waals surface area contributed by atoms with Crippen molar-refractivity contribution in [2.75, 3.05) is 19.6 Å². The second kappa shape index (κ2) is 5.36. The van der Waals surface area contributed by atoms with Crippen LogP contribution in [0.25, 0.3) is 0 Å². The van der Waals surface area contributed by atoms with Crippen LogP contribution < -0.4 is 0 Å². The summed E-state index contributed by atoms with van der Waals surface area (Å²) in [6, 6.07) is 0. The Balaban J connectivity index is 2.08. The molecule has 1 aliphatic rings. The molecule has 0 spiro atoms. The van der Waals surface area contributed by atoms with Crippen molar-refractivity contribution in [2.24, 2.45) is 0 Å². The molecule has 0 bridgehead atoms. The van der Waals surface area contributed by atoms with E-state index in [1.54, 1.807) is 0 Å². The Bertz CT molecular complexity index is 134. The molecule has 70 valence electrons. The monoisotopic (exact) mass is 167 g/mol. The Kier molecular flexibility index (Phi) is 4.37. The van der Waals surface area contributed by atoms with Gasteiger partial charge in [0.1, 0.15) is 0 Å². The highest BCUT2D eigenvalue weighted by molar-refractivity contribution is 4.97. The molecule has 1 saturated heterocycles. The molecule has 0 aromatic rings. The molecule has 0 aromatic carbocycles. The Hall–Kier alpha value is -0.300. The lowest BCUT2D eigenvalue weighted by atomic mass is 10.1. The second-order valence-corrected chi connectivity index (χ2v) is 3.84. The van der Waals surface area contributed by atoms with Crippen LogP contribution in [-0.2, 0) is 0 Å². The average Bonchev–Trinajstić information content (AvgIpc) is 2.53. The summed E-state index contributed by atoms with van der Waals surface area (Å²) in [6.45, 7) is 10.1. The highest BCUT2D eigenvalue weighted by atomic mass is 15.1. The molecule has 1 aliphatic heterocycles. The van der Waals surface area contributed by atoms with Gasteiger partial charge in [0.25, 0.3) is 0 Å². The first-order valence-corrected chi connectivity index (χ1v) is 5.22. The zero-order valence-electron chi connectivity index (χ0n) is 8.31. The summed E-state index contributed by atoms with van der Waals surface area (Å²) >= 11 is 0. The van der Waals surface area contributed by atoms with Gasteiger partial charge < -0.3 is 0 Å². The van der Waals surface area contributed by atoms with Gasteiger partial charge in [0, 0.05) is 6.54 Å². The van der Waals surface area contributed by atoms with Gasteiger partial charge in [-0.2, -0.15) is 0 Å². The molecule has 0 amide bonds. The molecule has 0 saturated carbocycles. The molecular formula is C11H21N. The van der Waals surface area contributed by atoms with Gasteiger partial charge in [-0.1, -0.05) is 25.5 Å². The molecule has 12 heavy (non-hydrogen) atoms. The van der Waals surface area contributed by atoms with E-state index >= 15 is 0 Å². The van der Waals surface area contributed by atoms with E-state index in [-0.39, 0.29) is 0 Å². The summed E-state index contributed by atoms with van der Waals surface area (Å²) in [7, 11) is 0. The van der Waals surface area contributed by atoms with E-state index in [0.717, 1.165) is 6.54 Å². The van der Waals surface area contributed by atoms with E-state index in [0.29, 0.717) is 0 Å². The summed E-state index contributed by atoms with van der Waals surface area (Å²) in [5.41, 5.74) is 1.43. The van der Waals surface area contributed by atoms with E-state index in [9.17, 15) is 0 Å².